The van der Waals surface area contributed by atoms with Crippen LogP contribution in [0.5, 0.6) is 0 Å². The molecule has 5 atom stereocenters. The lowest BCUT2D eigenvalue weighted by molar-refractivity contribution is -0.161. The molecule has 0 aromatic rings. The number of hydrogen-bond donors (Lipinski definition) is 3. The van der Waals surface area contributed by atoms with Crippen LogP contribution in [-0.4, -0.2) is 96.7 Å². The van der Waals surface area contributed by atoms with E-state index in [1.54, 1.807) is 0 Å². The third-order valence-electron chi connectivity index (χ3n) is 16.2. The van der Waals surface area contributed by atoms with E-state index in [-0.39, 0.29) is 25.7 Å². The van der Waals surface area contributed by atoms with E-state index in [9.17, 15) is 43.2 Å². The molecule has 0 bridgehead atoms. The third-order valence-corrected chi connectivity index (χ3v) is 18.1. The van der Waals surface area contributed by atoms with E-state index in [2.05, 4.69) is 41.5 Å². The van der Waals surface area contributed by atoms with Crippen molar-refractivity contribution in [1.82, 2.24) is 0 Å². The van der Waals surface area contributed by atoms with Crippen molar-refractivity contribution in [3.05, 3.63) is 0 Å². The molecule has 0 heterocycles. The molecule has 0 aliphatic heterocycles. The van der Waals surface area contributed by atoms with Gasteiger partial charge >= 0.3 is 39.5 Å². The van der Waals surface area contributed by atoms with Crippen LogP contribution in [0.4, 0.5) is 0 Å². The maximum atomic E-state index is 13.0. The molecule has 2 unspecified atom stereocenters. The summed E-state index contributed by atoms with van der Waals surface area (Å²) in [5.41, 5.74) is 0. The Morgan fingerprint density at radius 2 is 0.517 bits per heavy atom. The Bertz CT molecular complexity index is 1730. The van der Waals surface area contributed by atoms with Gasteiger partial charge in [-0.3, -0.25) is 37.3 Å². The summed E-state index contributed by atoms with van der Waals surface area (Å²) in [7, 11) is -9.89. The number of aliphatic hydroxyl groups is 1. The molecule has 0 aromatic carbocycles. The molecule has 0 spiro atoms. The van der Waals surface area contributed by atoms with Crippen molar-refractivity contribution in [2.24, 2.45) is 11.8 Å². The van der Waals surface area contributed by atoms with E-state index in [0.29, 0.717) is 25.7 Å². The van der Waals surface area contributed by atoms with Crippen molar-refractivity contribution >= 4 is 39.5 Å². The number of ether oxygens (including phenoxy) is 4. The molecule has 0 aromatic heterocycles. The molecule has 3 N–H and O–H groups in total. The zero-order valence-electron chi connectivity index (χ0n) is 57.7. The van der Waals surface area contributed by atoms with Gasteiger partial charge < -0.3 is 33.8 Å². The van der Waals surface area contributed by atoms with Crippen LogP contribution in [0.15, 0.2) is 0 Å². The van der Waals surface area contributed by atoms with Crippen molar-refractivity contribution < 1.29 is 80.2 Å². The van der Waals surface area contributed by atoms with E-state index in [0.717, 1.165) is 127 Å². The number of unbranched alkanes of at least 4 members (excludes halogenated alkanes) is 39. The van der Waals surface area contributed by atoms with Crippen LogP contribution in [0, 0.1) is 11.8 Å². The summed E-state index contributed by atoms with van der Waals surface area (Å²) in [6, 6.07) is 0. The number of rotatable bonds is 69. The highest BCUT2D eigenvalue weighted by Gasteiger charge is 2.30. The fourth-order valence-electron chi connectivity index (χ4n) is 10.6. The molecule has 0 rings (SSSR count). The van der Waals surface area contributed by atoms with Crippen LogP contribution in [0.2, 0.25) is 0 Å². The zero-order chi connectivity index (χ0) is 65.7. The summed E-state index contributed by atoms with van der Waals surface area (Å²) in [5.74, 6) is -0.543. The third kappa shape index (κ3) is 64.6. The summed E-state index contributed by atoms with van der Waals surface area (Å²) in [6.07, 6.45) is 47.6. The van der Waals surface area contributed by atoms with Gasteiger partial charge in [0.2, 0.25) is 0 Å². The maximum absolute atomic E-state index is 13.0. The van der Waals surface area contributed by atoms with Gasteiger partial charge in [-0.05, 0) is 37.5 Å². The van der Waals surface area contributed by atoms with Crippen molar-refractivity contribution in [2.45, 2.75) is 374 Å². The van der Waals surface area contributed by atoms with Gasteiger partial charge in [0.05, 0.1) is 26.4 Å². The fourth-order valence-corrected chi connectivity index (χ4v) is 12.2. The molecule has 0 aliphatic rings. The molecule has 0 amide bonds. The molecule has 528 valence electrons. The van der Waals surface area contributed by atoms with Crippen molar-refractivity contribution in [1.29, 1.82) is 0 Å². The molecule has 0 radical (unpaired) electrons. The van der Waals surface area contributed by atoms with Crippen LogP contribution >= 0.6 is 15.6 Å². The number of esters is 4. The molecule has 0 fully saturated rings. The monoisotopic (exact) mass is 1310 g/mol. The topological polar surface area (TPSA) is 237 Å². The molecule has 0 aliphatic carbocycles. The minimum absolute atomic E-state index is 0.103. The average molecular weight is 1310 g/mol. The molecule has 0 saturated heterocycles. The van der Waals surface area contributed by atoms with Crippen LogP contribution in [0.3, 0.4) is 0 Å². The Morgan fingerprint density at radius 3 is 0.764 bits per heavy atom. The Hall–Kier alpha value is -1.94. The molecular formula is C70H136O17P2. The summed E-state index contributed by atoms with van der Waals surface area (Å²) < 4.78 is 68.0. The Labute approximate surface area is 543 Å². The van der Waals surface area contributed by atoms with E-state index in [4.69, 9.17) is 37.0 Å². The molecule has 89 heavy (non-hydrogen) atoms. The summed E-state index contributed by atoms with van der Waals surface area (Å²) in [4.78, 5) is 72.2. The number of phosphoric acid groups is 2. The quantitative estimate of drug-likeness (QED) is 0.0222. The Morgan fingerprint density at radius 1 is 0.303 bits per heavy atom. The zero-order valence-corrected chi connectivity index (χ0v) is 59.5. The van der Waals surface area contributed by atoms with E-state index in [1.165, 1.54) is 148 Å². The Kier molecular flexibility index (Phi) is 60.8. The number of phosphoric ester groups is 2. The SMILES string of the molecule is CCCCCCCCCC(=O)OC[C@H](COP(=O)(O)OC[C@H](O)COP(=O)(O)OC[C@@H](COC(=O)CCCCCCCCCCCCCC(C)C)OC(=O)CCCCCCCCCCCCCCCCCCCCC(C)C)OC(=O)CCCCCCCCC. The highest BCUT2D eigenvalue weighted by molar-refractivity contribution is 7.47. The predicted octanol–water partition coefficient (Wildman–Crippen LogP) is 20.0. The summed E-state index contributed by atoms with van der Waals surface area (Å²) in [5, 5.41) is 10.5. The van der Waals surface area contributed by atoms with Gasteiger partial charge in [-0.15, -0.1) is 0 Å². The first kappa shape index (κ1) is 87.1. The van der Waals surface area contributed by atoms with E-state index in [1.807, 2.05) is 0 Å². The van der Waals surface area contributed by atoms with Gasteiger partial charge in [-0.25, -0.2) is 9.13 Å². The van der Waals surface area contributed by atoms with Crippen LogP contribution in [-0.2, 0) is 65.4 Å². The largest absolute Gasteiger partial charge is 0.472 e. The van der Waals surface area contributed by atoms with Crippen molar-refractivity contribution in [2.75, 3.05) is 39.6 Å². The van der Waals surface area contributed by atoms with Gasteiger partial charge in [0.15, 0.2) is 12.2 Å². The first-order valence-corrected chi connectivity index (χ1v) is 39.5. The lowest BCUT2D eigenvalue weighted by Crippen LogP contribution is -2.30. The second kappa shape index (κ2) is 62.2. The van der Waals surface area contributed by atoms with Crippen LogP contribution in [0.25, 0.3) is 0 Å². The van der Waals surface area contributed by atoms with E-state index < -0.39 is 97.5 Å². The van der Waals surface area contributed by atoms with Crippen LogP contribution < -0.4 is 0 Å². The van der Waals surface area contributed by atoms with E-state index >= 15 is 0 Å². The van der Waals surface area contributed by atoms with Crippen LogP contribution in [0.1, 0.15) is 356 Å². The highest BCUT2D eigenvalue weighted by atomic mass is 31.2. The average Bonchev–Trinajstić information content (AvgIpc) is 3.64. The standard InChI is InChI=1S/C70H136O17P2/c1-7-9-11-13-32-40-46-52-67(72)80-58-65(86-69(74)54-48-42-33-14-12-10-8-2)60-84-88(76,77)82-56-64(71)57-83-89(78,79)85-61-66(59-81-68(73)53-47-41-36-30-27-23-25-29-35-39-45-51-63(5)6)87-70(75)55-49-43-37-31-26-22-20-18-16-15-17-19-21-24-28-34-38-44-50-62(3)4/h62-66,71H,7-61H2,1-6H3,(H,76,77)(H,78,79)/t64-,65+,66+/m0/s1. The Balaban J connectivity index is 5.11. The van der Waals surface area contributed by atoms with Crippen molar-refractivity contribution in [3.63, 3.8) is 0 Å². The number of hydrogen-bond acceptors (Lipinski definition) is 15. The first-order chi connectivity index (χ1) is 42.9. The summed E-state index contributed by atoms with van der Waals surface area (Å²) in [6.45, 7) is 9.50. The minimum atomic E-state index is -4.95. The predicted molar refractivity (Wildman–Crippen MR) is 358 cm³/mol. The number of aliphatic hydroxyl groups excluding tert-OH is 1. The number of carbonyl (C=O) groups is 4. The van der Waals surface area contributed by atoms with Crippen molar-refractivity contribution in [3.8, 4) is 0 Å². The second-order valence-electron chi connectivity index (χ2n) is 26.2. The molecule has 0 saturated carbocycles. The number of carbonyl (C=O) groups excluding carboxylic acids is 4. The highest BCUT2D eigenvalue weighted by Crippen LogP contribution is 2.45. The molecular weight excluding hydrogens is 1170 g/mol. The first-order valence-electron chi connectivity index (χ1n) is 36.5. The summed E-state index contributed by atoms with van der Waals surface area (Å²) >= 11 is 0. The molecule has 19 heteroatoms. The van der Waals surface area contributed by atoms with Gasteiger partial charge in [-0.2, -0.15) is 0 Å². The second-order valence-corrected chi connectivity index (χ2v) is 29.1. The molecule has 17 nitrogen and oxygen atoms in total. The lowest BCUT2D eigenvalue weighted by Gasteiger charge is -2.21. The smallest absolute Gasteiger partial charge is 0.462 e. The van der Waals surface area contributed by atoms with Gasteiger partial charge in [0.25, 0.3) is 0 Å². The lowest BCUT2D eigenvalue weighted by atomic mass is 10.0. The minimum Gasteiger partial charge on any atom is -0.462 e. The maximum Gasteiger partial charge on any atom is 0.472 e. The fraction of sp³-hybridized carbons (Fsp3) is 0.943. The normalized spacial score (nSPS) is 14.1. The van der Waals surface area contributed by atoms with Gasteiger partial charge in [0.1, 0.15) is 19.3 Å². The van der Waals surface area contributed by atoms with Gasteiger partial charge in [-0.1, -0.05) is 305 Å². The van der Waals surface area contributed by atoms with Gasteiger partial charge in [0, 0.05) is 25.7 Å².